The van der Waals surface area contributed by atoms with Crippen molar-refractivity contribution in [3.63, 3.8) is 0 Å². The van der Waals surface area contributed by atoms with Crippen molar-refractivity contribution < 1.29 is 33.2 Å². The van der Waals surface area contributed by atoms with Gasteiger partial charge in [-0.1, -0.05) is 115 Å². The van der Waals surface area contributed by atoms with Crippen LogP contribution in [0.1, 0.15) is 52.8 Å². The van der Waals surface area contributed by atoms with Gasteiger partial charge in [-0.05, 0) is 78.8 Å². The topological polar surface area (TPSA) is 72.5 Å². The third kappa shape index (κ3) is 7.47. The van der Waals surface area contributed by atoms with Crippen molar-refractivity contribution in [3.8, 4) is 5.75 Å². The average molecular weight is 699 g/mol. The van der Waals surface area contributed by atoms with Gasteiger partial charge in [-0.25, -0.2) is 0 Å². The van der Waals surface area contributed by atoms with Crippen LogP contribution in [0.4, 0.5) is 0 Å². The molecule has 2 bridgehead atoms. The minimum absolute atomic E-state index is 0.0136. The van der Waals surface area contributed by atoms with E-state index in [1.165, 1.54) is 0 Å². The van der Waals surface area contributed by atoms with Crippen molar-refractivity contribution in [2.24, 2.45) is 0 Å². The molecule has 2 aliphatic heterocycles. The molecule has 0 saturated carbocycles. The Kier molecular flexibility index (Phi) is 11.0. The zero-order valence-corrected chi connectivity index (χ0v) is 30.0. The van der Waals surface area contributed by atoms with Crippen LogP contribution in [0.3, 0.4) is 0 Å². The number of aryl methyl sites for hydroxylation is 1. The van der Waals surface area contributed by atoms with Crippen LogP contribution in [0.25, 0.3) is 0 Å². The number of fused-ring (bicyclic) bond motifs is 2. The van der Waals surface area contributed by atoms with Crippen molar-refractivity contribution >= 4 is 5.78 Å². The van der Waals surface area contributed by atoms with E-state index in [1.54, 1.807) is 6.92 Å². The fourth-order valence-corrected chi connectivity index (χ4v) is 7.21. The molecule has 268 valence electrons. The highest BCUT2D eigenvalue weighted by Gasteiger charge is 2.71. The molecule has 7 heteroatoms. The molecule has 2 heterocycles. The molecule has 7 nitrogen and oxygen atoms in total. The fraction of sp³-hybridized carbons (Fsp3) is 0.311. The van der Waals surface area contributed by atoms with E-state index in [2.05, 4.69) is 31.2 Å². The highest BCUT2D eigenvalue weighted by Crippen LogP contribution is 2.53. The van der Waals surface area contributed by atoms with Gasteiger partial charge in [-0.2, -0.15) is 0 Å². The molecule has 5 atom stereocenters. The summed E-state index contributed by atoms with van der Waals surface area (Å²) in [5.41, 5.74) is 5.65. The Labute approximate surface area is 306 Å². The molecule has 5 unspecified atom stereocenters. The van der Waals surface area contributed by atoms with Crippen molar-refractivity contribution in [1.82, 2.24) is 0 Å². The van der Waals surface area contributed by atoms with Crippen molar-refractivity contribution in [3.05, 3.63) is 172 Å². The van der Waals surface area contributed by atoms with Crippen LogP contribution in [-0.2, 0) is 60.5 Å². The van der Waals surface area contributed by atoms with Gasteiger partial charge in [0, 0.05) is 5.56 Å². The van der Waals surface area contributed by atoms with Gasteiger partial charge in [0.2, 0.25) is 5.79 Å². The second kappa shape index (κ2) is 15.9. The minimum atomic E-state index is -1.46. The number of carbonyl (C=O) groups excluding carboxylic acids is 1. The van der Waals surface area contributed by atoms with Gasteiger partial charge in [0.25, 0.3) is 0 Å². The summed E-state index contributed by atoms with van der Waals surface area (Å²) >= 11 is 0. The van der Waals surface area contributed by atoms with E-state index in [0.29, 0.717) is 13.0 Å². The van der Waals surface area contributed by atoms with E-state index in [-0.39, 0.29) is 32.2 Å². The number of rotatable bonds is 15. The van der Waals surface area contributed by atoms with Crippen LogP contribution in [0.5, 0.6) is 5.75 Å². The Morgan fingerprint density at radius 2 is 1.25 bits per heavy atom. The second-order valence-electron chi connectivity index (χ2n) is 13.6. The van der Waals surface area contributed by atoms with Gasteiger partial charge < -0.3 is 28.4 Å². The van der Waals surface area contributed by atoms with Crippen LogP contribution < -0.4 is 4.74 Å². The number of carbonyl (C=O) groups is 1. The largest absolute Gasteiger partial charge is 0.494 e. The van der Waals surface area contributed by atoms with E-state index >= 15 is 0 Å². The van der Waals surface area contributed by atoms with Gasteiger partial charge in [-0.3, -0.25) is 4.79 Å². The quantitative estimate of drug-likeness (QED) is 0.109. The normalized spacial score (nSPS) is 23.7. The maximum atomic E-state index is 13.9. The lowest BCUT2D eigenvalue weighted by Crippen LogP contribution is -2.68. The zero-order valence-electron chi connectivity index (χ0n) is 30.0. The standard InChI is InChI=1S/C45H46O7/c1-4-47-40-24-21-34(22-25-40)26-38-27-39(23-20-32(38)2)45-43(50-30-37-18-12-7-13-19-37)41(48-28-35-14-8-5-9-15-35)42(44(52-45,31-51-45)33(3)46)49-29-36-16-10-6-11-17-36/h5-25,27,41-43H,4,26,28-31H2,1-3H3. The Morgan fingerprint density at radius 3 is 1.81 bits per heavy atom. The summed E-state index contributed by atoms with van der Waals surface area (Å²) in [6.07, 6.45) is -1.71. The van der Waals surface area contributed by atoms with Gasteiger partial charge in [-0.15, -0.1) is 0 Å². The van der Waals surface area contributed by atoms with Crippen molar-refractivity contribution in [1.29, 1.82) is 0 Å². The second-order valence-corrected chi connectivity index (χ2v) is 13.6. The number of ketones is 1. The Hall–Kier alpha value is -4.63. The Bertz CT molecular complexity index is 1910. The lowest BCUT2D eigenvalue weighted by atomic mass is 9.80. The van der Waals surface area contributed by atoms with E-state index in [0.717, 1.165) is 44.7 Å². The van der Waals surface area contributed by atoms with Crippen molar-refractivity contribution in [2.45, 2.75) is 76.7 Å². The number of hydrogen-bond acceptors (Lipinski definition) is 7. The molecule has 0 aliphatic carbocycles. The summed E-state index contributed by atoms with van der Waals surface area (Å²) < 4.78 is 40.1. The van der Waals surface area contributed by atoms with E-state index in [9.17, 15) is 4.79 Å². The zero-order chi connectivity index (χ0) is 36.0. The van der Waals surface area contributed by atoms with Crippen LogP contribution in [-0.4, -0.2) is 42.9 Å². The first-order valence-corrected chi connectivity index (χ1v) is 18.0. The molecule has 0 radical (unpaired) electrons. The fourth-order valence-electron chi connectivity index (χ4n) is 7.21. The SMILES string of the molecule is CCOc1ccc(Cc2cc(C34OCC(C(C)=O)(O3)C(OCc3ccccc3)C(OCc3ccccc3)C4OCc3ccccc3)ccc2C)cc1. The van der Waals surface area contributed by atoms with Crippen LogP contribution in [0.15, 0.2) is 133 Å². The number of ether oxygens (including phenoxy) is 6. The highest BCUT2D eigenvalue weighted by molar-refractivity contribution is 5.87. The molecule has 5 aromatic rings. The van der Waals surface area contributed by atoms with E-state index < -0.39 is 29.7 Å². The third-order valence-corrected chi connectivity index (χ3v) is 10.1. The summed E-state index contributed by atoms with van der Waals surface area (Å²) in [4.78, 5) is 13.9. The molecule has 0 aromatic heterocycles. The third-order valence-electron chi connectivity index (χ3n) is 10.1. The highest BCUT2D eigenvalue weighted by atomic mass is 16.8. The lowest BCUT2D eigenvalue weighted by Gasteiger charge is -2.50. The predicted octanol–water partition coefficient (Wildman–Crippen LogP) is 8.28. The Morgan fingerprint density at radius 1 is 0.692 bits per heavy atom. The summed E-state index contributed by atoms with van der Waals surface area (Å²) in [6, 6.07) is 44.3. The first-order valence-electron chi connectivity index (χ1n) is 18.0. The molecule has 0 spiro atoms. The number of Topliss-reactive ketones (excluding diaryl/α,β-unsaturated/α-hetero) is 1. The average Bonchev–Trinajstić information content (AvgIpc) is 3.55. The van der Waals surface area contributed by atoms with Gasteiger partial charge in [0.05, 0.1) is 33.0 Å². The summed E-state index contributed by atoms with van der Waals surface area (Å²) in [5, 5.41) is 0. The van der Waals surface area contributed by atoms with Crippen molar-refractivity contribution in [2.75, 3.05) is 13.2 Å². The summed E-state index contributed by atoms with van der Waals surface area (Å²) in [7, 11) is 0. The van der Waals surface area contributed by atoms with E-state index in [1.807, 2.05) is 116 Å². The van der Waals surface area contributed by atoms with Gasteiger partial charge >= 0.3 is 0 Å². The lowest BCUT2D eigenvalue weighted by molar-refractivity contribution is -0.342. The van der Waals surface area contributed by atoms with Gasteiger partial charge in [0.15, 0.2) is 11.4 Å². The van der Waals surface area contributed by atoms with E-state index in [4.69, 9.17) is 28.4 Å². The van der Waals surface area contributed by atoms with Crippen LogP contribution in [0.2, 0.25) is 0 Å². The Balaban J connectivity index is 1.31. The summed E-state index contributed by atoms with van der Waals surface area (Å²) in [6.45, 7) is 7.04. The summed E-state index contributed by atoms with van der Waals surface area (Å²) in [5.74, 6) is -0.811. The molecule has 52 heavy (non-hydrogen) atoms. The molecule has 5 aromatic carbocycles. The molecule has 2 aliphatic rings. The van der Waals surface area contributed by atoms with Crippen LogP contribution >= 0.6 is 0 Å². The first kappa shape index (κ1) is 35.8. The monoisotopic (exact) mass is 698 g/mol. The van der Waals surface area contributed by atoms with Gasteiger partial charge in [0.1, 0.15) is 24.1 Å². The first-order chi connectivity index (χ1) is 25.4. The molecule has 2 fully saturated rings. The molecule has 2 saturated heterocycles. The predicted molar refractivity (Wildman–Crippen MR) is 199 cm³/mol. The van der Waals surface area contributed by atoms with Crippen LogP contribution in [0, 0.1) is 6.92 Å². The molecular formula is C45H46O7. The minimum Gasteiger partial charge on any atom is -0.494 e. The molecule has 0 amide bonds. The number of hydrogen-bond donors (Lipinski definition) is 0. The maximum Gasteiger partial charge on any atom is 0.226 e. The maximum absolute atomic E-state index is 13.9. The molecular weight excluding hydrogens is 652 g/mol. The number of benzene rings is 5. The molecule has 0 N–H and O–H groups in total. The molecule has 7 rings (SSSR count). The smallest absolute Gasteiger partial charge is 0.226 e.